The maximum absolute atomic E-state index is 13.8. The van der Waals surface area contributed by atoms with Crippen molar-refractivity contribution in [2.24, 2.45) is 17.8 Å². The van der Waals surface area contributed by atoms with Crippen molar-refractivity contribution in [1.82, 2.24) is 0 Å². The summed E-state index contributed by atoms with van der Waals surface area (Å²) >= 11 is 0. The number of rotatable bonds is 5. The van der Waals surface area contributed by atoms with E-state index in [-0.39, 0.29) is 23.8 Å². The minimum atomic E-state index is -0.334. The Bertz CT molecular complexity index is 716. The number of esters is 1. The van der Waals surface area contributed by atoms with E-state index in [0.29, 0.717) is 17.4 Å². The van der Waals surface area contributed by atoms with Gasteiger partial charge in [-0.05, 0) is 92.9 Å². The summed E-state index contributed by atoms with van der Waals surface area (Å²) in [6, 6.07) is 4.67. The van der Waals surface area contributed by atoms with Crippen molar-refractivity contribution in [1.29, 1.82) is 0 Å². The van der Waals surface area contributed by atoms with E-state index in [2.05, 4.69) is 6.92 Å². The van der Waals surface area contributed by atoms with E-state index >= 15 is 0 Å². The van der Waals surface area contributed by atoms with Gasteiger partial charge in [0.05, 0.1) is 18.8 Å². The van der Waals surface area contributed by atoms with Gasteiger partial charge in [-0.25, -0.2) is 9.18 Å². The number of ether oxygens (including phenoxy) is 1. The molecule has 0 bridgehead atoms. The molecular weight excluding hydrogens is 343 g/mol. The van der Waals surface area contributed by atoms with E-state index in [1.807, 2.05) is 6.92 Å². The number of hydrogen-bond acceptors (Lipinski definition) is 3. The van der Waals surface area contributed by atoms with Crippen molar-refractivity contribution in [3.8, 4) is 0 Å². The van der Waals surface area contributed by atoms with Gasteiger partial charge in [-0.15, -0.1) is 0 Å². The van der Waals surface area contributed by atoms with Crippen molar-refractivity contribution in [2.45, 2.75) is 64.9 Å². The number of aliphatic hydroxyl groups is 1. The average molecular weight is 374 g/mol. The molecule has 0 aliphatic heterocycles. The second kappa shape index (κ2) is 8.55. The normalized spacial score (nSPS) is 26.5. The zero-order valence-corrected chi connectivity index (χ0v) is 16.6. The predicted octanol–water partition coefficient (Wildman–Crippen LogP) is 4.91. The molecule has 0 spiro atoms. The van der Waals surface area contributed by atoms with Gasteiger partial charge in [0.25, 0.3) is 0 Å². The third-order valence-electron chi connectivity index (χ3n) is 6.72. The first-order chi connectivity index (χ1) is 12.9. The molecule has 2 aliphatic rings. The Morgan fingerprint density at radius 3 is 2.67 bits per heavy atom. The molecule has 0 heterocycles. The van der Waals surface area contributed by atoms with E-state index < -0.39 is 0 Å². The zero-order valence-electron chi connectivity index (χ0n) is 16.6. The van der Waals surface area contributed by atoms with Crippen LogP contribution in [0, 0.1) is 23.6 Å². The summed E-state index contributed by atoms with van der Waals surface area (Å²) in [4.78, 5) is 12.4. The van der Waals surface area contributed by atoms with Crippen LogP contribution in [0.15, 0.2) is 23.8 Å². The molecule has 0 aromatic heterocycles. The second-order valence-corrected chi connectivity index (χ2v) is 8.38. The van der Waals surface area contributed by atoms with Gasteiger partial charge in [-0.1, -0.05) is 18.6 Å². The maximum Gasteiger partial charge on any atom is 0.338 e. The van der Waals surface area contributed by atoms with Gasteiger partial charge in [-0.2, -0.15) is 0 Å². The van der Waals surface area contributed by atoms with E-state index in [4.69, 9.17) is 4.74 Å². The molecule has 1 fully saturated rings. The first-order valence-electron chi connectivity index (χ1n) is 10.2. The van der Waals surface area contributed by atoms with Crippen molar-refractivity contribution >= 4 is 11.5 Å². The van der Waals surface area contributed by atoms with E-state index in [0.717, 1.165) is 61.6 Å². The first kappa shape index (κ1) is 20.1. The third-order valence-corrected chi connectivity index (χ3v) is 6.72. The fourth-order valence-corrected chi connectivity index (χ4v) is 4.87. The molecule has 0 amide bonds. The molecular formula is C23H31FO3. The van der Waals surface area contributed by atoms with Crippen molar-refractivity contribution in [3.05, 3.63) is 40.7 Å². The molecule has 1 N–H and O–H groups in total. The van der Waals surface area contributed by atoms with Gasteiger partial charge < -0.3 is 9.84 Å². The lowest BCUT2D eigenvalue weighted by Crippen LogP contribution is -2.24. The summed E-state index contributed by atoms with van der Waals surface area (Å²) in [5, 5.41) is 9.72. The fraction of sp³-hybridized carbons (Fsp3) is 0.609. The van der Waals surface area contributed by atoms with Gasteiger partial charge in [0.15, 0.2) is 0 Å². The van der Waals surface area contributed by atoms with Crippen LogP contribution in [0.5, 0.6) is 0 Å². The number of aliphatic hydroxyl groups excluding tert-OH is 1. The topological polar surface area (TPSA) is 46.5 Å². The number of halogens is 1. The highest BCUT2D eigenvalue weighted by molar-refractivity contribution is 6.18. The van der Waals surface area contributed by atoms with Gasteiger partial charge in [0.2, 0.25) is 0 Å². The summed E-state index contributed by atoms with van der Waals surface area (Å²) < 4.78 is 18.8. The lowest BCUT2D eigenvalue weighted by atomic mass is 9.73. The minimum Gasteiger partial charge on any atom is -0.465 e. The lowest BCUT2D eigenvalue weighted by Gasteiger charge is -2.32. The largest absolute Gasteiger partial charge is 0.465 e. The predicted molar refractivity (Wildman–Crippen MR) is 105 cm³/mol. The number of carbonyl (C=O) groups is 1. The van der Waals surface area contributed by atoms with Crippen LogP contribution in [0.25, 0.3) is 5.57 Å². The van der Waals surface area contributed by atoms with Crippen LogP contribution in [-0.4, -0.2) is 24.3 Å². The van der Waals surface area contributed by atoms with Crippen molar-refractivity contribution in [3.63, 3.8) is 0 Å². The highest BCUT2D eigenvalue weighted by Gasteiger charge is 2.30. The van der Waals surface area contributed by atoms with Gasteiger partial charge in [0.1, 0.15) is 5.82 Å². The van der Waals surface area contributed by atoms with Gasteiger partial charge >= 0.3 is 5.97 Å². The molecule has 0 saturated heterocycles. The van der Waals surface area contributed by atoms with E-state index in [9.17, 15) is 14.3 Å². The van der Waals surface area contributed by atoms with E-state index in [1.165, 1.54) is 13.2 Å². The summed E-state index contributed by atoms with van der Waals surface area (Å²) in [5.41, 5.74) is 3.38. The van der Waals surface area contributed by atoms with Gasteiger partial charge in [0, 0.05) is 0 Å². The number of benzene rings is 1. The Hall–Kier alpha value is -1.68. The Balaban J connectivity index is 1.74. The first-order valence-corrected chi connectivity index (χ1v) is 10.2. The molecule has 3 rings (SSSR count). The Kier molecular flexibility index (Phi) is 6.36. The molecule has 148 valence electrons. The standard InChI is InChI=1S/C23H31FO3/c1-14(16-6-9-20(25)10-7-16)4-5-17-12-18-13-19(24)8-11-21(18)22(15(17)2)23(26)27-3/h8,11,13-14,16-17,20,25H,4-7,9-10,12H2,1-3H3/t14-,16?,17?,20?/m0/s1. The molecule has 1 aromatic carbocycles. The zero-order chi connectivity index (χ0) is 19.6. The molecule has 1 aromatic rings. The second-order valence-electron chi connectivity index (χ2n) is 8.38. The molecule has 3 nitrogen and oxygen atoms in total. The van der Waals surface area contributed by atoms with Crippen LogP contribution in [0.4, 0.5) is 4.39 Å². The number of allylic oxidation sites excluding steroid dienone is 1. The van der Waals surface area contributed by atoms with Crippen LogP contribution in [0.2, 0.25) is 0 Å². The lowest BCUT2D eigenvalue weighted by molar-refractivity contribution is -0.133. The van der Waals surface area contributed by atoms with Crippen molar-refractivity contribution < 1.29 is 19.0 Å². The number of fused-ring (bicyclic) bond motifs is 1. The fourth-order valence-electron chi connectivity index (χ4n) is 4.87. The van der Waals surface area contributed by atoms with Crippen LogP contribution in [0.3, 0.4) is 0 Å². The minimum absolute atomic E-state index is 0.119. The highest BCUT2D eigenvalue weighted by Crippen LogP contribution is 2.40. The molecule has 2 atom stereocenters. The number of carbonyl (C=O) groups excluding carboxylic acids is 1. The van der Waals surface area contributed by atoms with Gasteiger partial charge in [-0.3, -0.25) is 0 Å². The molecule has 1 unspecified atom stereocenters. The summed E-state index contributed by atoms with van der Waals surface area (Å²) in [6.45, 7) is 4.32. The van der Waals surface area contributed by atoms with Crippen LogP contribution >= 0.6 is 0 Å². The maximum atomic E-state index is 13.8. The number of methoxy groups -OCH3 is 1. The SMILES string of the molecule is COC(=O)C1=C(C)C(CC[C@H](C)C2CCC(O)CC2)Cc2cc(F)ccc21. The molecule has 1 saturated carbocycles. The third kappa shape index (κ3) is 4.43. The quantitative estimate of drug-likeness (QED) is 0.745. The van der Waals surface area contributed by atoms with Crippen LogP contribution < -0.4 is 0 Å². The molecule has 0 radical (unpaired) electrons. The average Bonchev–Trinajstić information content (AvgIpc) is 2.66. The molecule has 4 heteroatoms. The summed E-state index contributed by atoms with van der Waals surface area (Å²) in [6.07, 6.45) is 6.76. The van der Waals surface area contributed by atoms with Crippen LogP contribution in [0.1, 0.15) is 63.5 Å². The Morgan fingerprint density at radius 1 is 1.30 bits per heavy atom. The summed E-state index contributed by atoms with van der Waals surface area (Å²) in [7, 11) is 1.40. The smallest absolute Gasteiger partial charge is 0.338 e. The number of hydrogen-bond donors (Lipinski definition) is 1. The van der Waals surface area contributed by atoms with Crippen molar-refractivity contribution in [2.75, 3.05) is 7.11 Å². The van der Waals surface area contributed by atoms with E-state index in [1.54, 1.807) is 12.1 Å². The highest BCUT2D eigenvalue weighted by atomic mass is 19.1. The van der Waals surface area contributed by atoms with Crippen LogP contribution in [-0.2, 0) is 16.0 Å². The molecule has 27 heavy (non-hydrogen) atoms. The Morgan fingerprint density at radius 2 is 2.00 bits per heavy atom. The summed E-state index contributed by atoms with van der Waals surface area (Å²) in [5.74, 6) is 0.918. The molecule has 2 aliphatic carbocycles. The monoisotopic (exact) mass is 374 g/mol. The Labute approximate surface area is 161 Å².